The Morgan fingerprint density at radius 3 is 2.36 bits per heavy atom. The van der Waals surface area contributed by atoms with Crippen LogP contribution in [0.3, 0.4) is 0 Å². The molecule has 0 atom stereocenters. The zero-order chi connectivity index (χ0) is 8.43. The maximum atomic E-state index is 10.4. The predicted octanol–water partition coefficient (Wildman–Crippen LogP) is 0.893. The van der Waals surface area contributed by atoms with Gasteiger partial charge in [-0.05, 0) is 18.2 Å². The molecule has 3 nitrogen and oxygen atoms in total. The van der Waals surface area contributed by atoms with Gasteiger partial charge in [0, 0.05) is 10.7 Å². The molecule has 0 bridgehead atoms. The van der Waals surface area contributed by atoms with Crippen molar-refractivity contribution in [3.05, 3.63) is 23.2 Å². The zero-order valence-electron chi connectivity index (χ0n) is 5.45. The van der Waals surface area contributed by atoms with Gasteiger partial charge in [0.2, 0.25) is 0 Å². The SMILES string of the molecule is Nc1cc(Cl)cc([SH](=O)=O)c1. The summed E-state index contributed by atoms with van der Waals surface area (Å²) >= 11 is 5.55. The van der Waals surface area contributed by atoms with Gasteiger partial charge in [-0.25, -0.2) is 8.42 Å². The molecule has 5 heteroatoms. The van der Waals surface area contributed by atoms with Crippen molar-refractivity contribution >= 4 is 28.0 Å². The zero-order valence-corrected chi connectivity index (χ0v) is 7.10. The lowest BCUT2D eigenvalue weighted by Gasteiger charge is -1.95. The lowest BCUT2D eigenvalue weighted by molar-refractivity contribution is 0.614. The van der Waals surface area contributed by atoms with Crippen LogP contribution >= 0.6 is 11.6 Å². The Hall–Kier alpha value is -0.740. The second kappa shape index (κ2) is 3.11. The Bertz CT molecular complexity index is 320. The minimum absolute atomic E-state index is 0.144. The summed E-state index contributed by atoms with van der Waals surface area (Å²) in [6.45, 7) is 0. The molecule has 0 fully saturated rings. The largest absolute Gasteiger partial charge is 0.399 e. The Balaban J connectivity index is 3.29. The molecule has 0 saturated heterocycles. The standard InChI is InChI=1S/C6H6ClNO2S/c7-4-1-5(8)3-6(2-4)11(9)10/h1-3,11H,8H2. The van der Waals surface area contributed by atoms with E-state index in [1.807, 2.05) is 0 Å². The highest BCUT2D eigenvalue weighted by molar-refractivity contribution is 7.72. The van der Waals surface area contributed by atoms with E-state index in [0.29, 0.717) is 10.7 Å². The van der Waals surface area contributed by atoms with Gasteiger partial charge < -0.3 is 5.73 Å². The van der Waals surface area contributed by atoms with Crippen LogP contribution in [0.2, 0.25) is 5.02 Å². The summed E-state index contributed by atoms with van der Waals surface area (Å²) in [5.74, 6) is 0. The quantitative estimate of drug-likeness (QED) is 0.512. The van der Waals surface area contributed by atoms with Crippen LogP contribution in [0.1, 0.15) is 0 Å². The van der Waals surface area contributed by atoms with Crippen LogP contribution in [0, 0.1) is 0 Å². The number of nitrogens with two attached hydrogens (primary N) is 1. The summed E-state index contributed by atoms with van der Waals surface area (Å²) in [4.78, 5) is 0.144. The van der Waals surface area contributed by atoms with Crippen molar-refractivity contribution in [3.8, 4) is 0 Å². The molecule has 0 radical (unpaired) electrons. The summed E-state index contributed by atoms with van der Waals surface area (Å²) in [7, 11) is -2.59. The van der Waals surface area contributed by atoms with Gasteiger partial charge in [-0.3, -0.25) is 0 Å². The second-order valence-electron chi connectivity index (χ2n) is 2.00. The summed E-state index contributed by atoms with van der Waals surface area (Å²) in [6.07, 6.45) is 0. The van der Waals surface area contributed by atoms with Gasteiger partial charge in [-0.2, -0.15) is 0 Å². The monoisotopic (exact) mass is 191 g/mol. The first kappa shape index (κ1) is 8.36. The van der Waals surface area contributed by atoms with Gasteiger partial charge in [0.25, 0.3) is 0 Å². The summed E-state index contributed by atoms with van der Waals surface area (Å²) < 4.78 is 20.9. The van der Waals surface area contributed by atoms with E-state index in [1.54, 1.807) is 0 Å². The van der Waals surface area contributed by atoms with E-state index < -0.39 is 10.7 Å². The van der Waals surface area contributed by atoms with Crippen molar-refractivity contribution in [3.63, 3.8) is 0 Å². The second-order valence-corrected chi connectivity index (χ2v) is 3.47. The average Bonchev–Trinajstić information content (AvgIpc) is 1.85. The maximum absolute atomic E-state index is 10.4. The van der Waals surface area contributed by atoms with Crippen molar-refractivity contribution in [1.29, 1.82) is 0 Å². The molecule has 0 aliphatic rings. The topological polar surface area (TPSA) is 60.2 Å². The van der Waals surface area contributed by atoms with Gasteiger partial charge >= 0.3 is 0 Å². The summed E-state index contributed by atoms with van der Waals surface area (Å²) in [5.41, 5.74) is 5.70. The molecule has 2 N–H and O–H groups in total. The molecule has 0 aliphatic carbocycles. The molecule has 0 heterocycles. The van der Waals surface area contributed by atoms with Crippen LogP contribution in [0.4, 0.5) is 5.69 Å². The molecule has 0 saturated carbocycles. The number of hydrogen-bond donors (Lipinski definition) is 2. The van der Waals surface area contributed by atoms with Crippen LogP contribution in [0.25, 0.3) is 0 Å². The molecule has 11 heavy (non-hydrogen) atoms. The normalized spacial score (nSPS) is 10.4. The minimum Gasteiger partial charge on any atom is -0.399 e. The molecule has 1 aromatic rings. The highest BCUT2D eigenvalue weighted by Crippen LogP contribution is 2.16. The van der Waals surface area contributed by atoms with Gasteiger partial charge in [0.05, 0.1) is 4.90 Å². The molecule has 1 rings (SSSR count). The fraction of sp³-hybridized carbons (Fsp3) is 0. The summed E-state index contributed by atoms with van der Waals surface area (Å²) in [6, 6.07) is 4.20. The predicted molar refractivity (Wildman–Crippen MR) is 44.4 cm³/mol. The lowest BCUT2D eigenvalue weighted by Crippen LogP contribution is -1.87. The van der Waals surface area contributed by atoms with Crippen LogP contribution in [-0.2, 0) is 10.7 Å². The molecule has 0 amide bonds. The van der Waals surface area contributed by atoms with Crippen molar-refractivity contribution in [2.75, 3.05) is 5.73 Å². The smallest absolute Gasteiger partial charge is 0.168 e. The van der Waals surface area contributed by atoms with Gasteiger partial charge in [-0.1, -0.05) is 11.6 Å². The minimum atomic E-state index is -2.59. The third-order valence-corrected chi connectivity index (χ3v) is 2.01. The maximum Gasteiger partial charge on any atom is 0.168 e. The highest BCUT2D eigenvalue weighted by atomic mass is 35.5. The van der Waals surface area contributed by atoms with Crippen molar-refractivity contribution < 1.29 is 8.42 Å². The molecule has 0 unspecified atom stereocenters. The van der Waals surface area contributed by atoms with E-state index in [2.05, 4.69) is 0 Å². The van der Waals surface area contributed by atoms with Gasteiger partial charge in [-0.15, -0.1) is 0 Å². The molecular weight excluding hydrogens is 186 g/mol. The Kier molecular flexibility index (Phi) is 2.36. The van der Waals surface area contributed by atoms with Crippen molar-refractivity contribution in [2.24, 2.45) is 0 Å². The molecular formula is C6H6ClNO2S. The van der Waals surface area contributed by atoms with E-state index in [0.717, 1.165) is 0 Å². The van der Waals surface area contributed by atoms with Crippen molar-refractivity contribution in [2.45, 2.75) is 4.90 Å². The third kappa shape index (κ3) is 2.10. The Labute approximate surface area is 70.7 Å². The number of anilines is 1. The average molecular weight is 192 g/mol. The fourth-order valence-electron chi connectivity index (χ4n) is 0.702. The van der Waals surface area contributed by atoms with Crippen LogP contribution in [0.15, 0.2) is 23.1 Å². The molecule has 60 valence electrons. The Morgan fingerprint density at radius 2 is 1.91 bits per heavy atom. The van der Waals surface area contributed by atoms with Crippen molar-refractivity contribution in [1.82, 2.24) is 0 Å². The van der Waals surface area contributed by atoms with E-state index in [9.17, 15) is 8.42 Å². The number of benzene rings is 1. The van der Waals surface area contributed by atoms with Gasteiger partial charge in [0.15, 0.2) is 10.7 Å². The van der Waals surface area contributed by atoms with E-state index in [4.69, 9.17) is 17.3 Å². The van der Waals surface area contributed by atoms with Crippen LogP contribution < -0.4 is 5.73 Å². The fourth-order valence-corrected chi connectivity index (χ4v) is 1.52. The van der Waals surface area contributed by atoms with Gasteiger partial charge in [0.1, 0.15) is 0 Å². The highest BCUT2D eigenvalue weighted by Gasteiger charge is 1.97. The molecule has 0 aromatic heterocycles. The lowest BCUT2D eigenvalue weighted by atomic mass is 10.3. The number of nitrogen functional groups attached to an aromatic ring is 1. The first-order valence-electron chi connectivity index (χ1n) is 2.80. The van der Waals surface area contributed by atoms with E-state index in [-0.39, 0.29) is 4.90 Å². The molecule has 0 aliphatic heterocycles. The van der Waals surface area contributed by atoms with Crippen LogP contribution in [-0.4, -0.2) is 8.42 Å². The van der Waals surface area contributed by atoms with Crippen LogP contribution in [0.5, 0.6) is 0 Å². The molecule has 1 aromatic carbocycles. The van der Waals surface area contributed by atoms with E-state index in [1.165, 1.54) is 18.2 Å². The first-order valence-corrected chi connectivity index (χ1v) is 4.35. The number of rotatable bonds is 1. The summed E-state index contributed by atoms with van der Waals surface area (Å²) in [5, 5.41) is 0.333. The number of halogens is 1. The first-order chi connectivity index (χ1) is 5.09. The molecule has 0 spiro atoms. The number of hydrogen-bond acceptors (Lipinski definition) is 3. The third-order valence-electron chi connectivity index (χ3n) is 1.12. The Morgan fingerprint density at radius 1 is 1.27 bits per heavy atom. The van der Waals surface area contributed by atoms with E-state index >= 15 is 0 Å². The number of thiol groups is 1.